The predicted molar refractivity (Wildman–Crippen MR) is 71.3 cm³/mol. The molecule has 3 rings (SSSR count). The number of phenolic OH excluding ortho intramolecular Hbond substituents is 1. The number of rotatable bonds is 1. The van der Waals surface area contributed by atoms with Crippen molar-refractivity contribution < 1.29 is 14.3 Å². The fraction of sp³-hybridized carbons (Fsp3) is 0.438. The van der Waals surface area contributed by atoms with Crippen molar-refractivity contribution in [2.45, 2.75) is 39.5 Å². The van der Waals surface area contributed by atoms with Gasteiger partial charge in [0, 0.05) is 11.8 Å². The van der Waals surface area contributed by atoms with Crippen LogP contribution in [0.25, 0.3) is 5.57 Å². The number of hydrogen-bond acceptors (Lipinski definition) is 2. The van der Waals surface area contributed by atoms with Gasteiger partial charge in [-0.05, 0) is 60.6 Å². The highest BCUT2D eigenvalue weighted by Crippen LogP contribution is 2.56. The lowest BCUT2D eigenvalue weighted by atomic mass is 9.68. The summed E-state index contributed by atoms with van der Waals surface area (Å²) in [4.78, 5) is 12.0. The Morgan fingerprint density at radius 1 is 1.42 bits per heavy atom. The monoisotopic (exact) mass is 260 g/mol. The lowest BCUT2D eigenvalue weighted by Gasteiger charge is -2.34. The summed E-state index contributed by atoms with van der Waals surface area (Å²) in [5, 5.41) is 9.53. The van der Waals surface area contributed by atoms with Crippen LogP contribution in [0.3, 0.4) is 0 Å². The van der Waals surface area contributed by atoms with Crippen molar-refractivity contribution in [3.63, 3.8) is 0 Å². The molecule has 2 aliphatic rings. The van der Waals surface area contributed by atoms with E-state index in [0.717, 1.165) is 41.5 Å². The van der Waals surface area contributed by atoms with E-state index in [9.17, 15) is 14.3 Å². The number of ketones is 1. The molecule has 3 heteroatoms. The van der Waals surface area contributed by atoms with Crippen LogP contribution in [0.5, 0.6) is 5.75 Å². The minimum Gasteiger partial charge on any atom is -0.505 e. The molecule has 0 amide bonds. The second-order valence-electron chi connectivity index (χ2n) is 5.69. The summed E-state index contributed by atoms with van der Waals surface area (Å²) in [6.45, 7) is 3.96. The summed E-state index contributed by atoms with van der Waals surface area (Å²) in [5.41, 5.74) is 3.53. The molecule has 0 fully saturated rings. The lowest BCUT2D eigenvalue weighted by molar-refractivity contribution is -0.116. The molecule has 0 bridgehead atoms. The molecule has 0 aromatic heterocycles. The summed E-state index contributed by atoms with van der Waals surface area (Å²) in [6, 6.07) is 2.91. The van der Waals surface area contributed by atoms with Gasteiger partial charge in [-0.1, -0.05) is 6.92 Å². The van der Waals surface area contributed by atoms with E-state index in [1.807, 2.05) is 6.92 Å². The zero-order valence-electron chi connectivity index (χ0n) is 11.2. The Kier molecular flexibility index (Phi) is 2.56. The maximum Gasteiger partial charge on any atom is 0.165 e. The average Bonchev–Trinajstić information content (AvgIpc) is 2.70. The Morgan fingerprint density at radius 2 is 2.16 bits per heavy atom. The summed E-state index contributed by atoms with van der Waals surface area (Å²) < 4.78 is 13.6. The number of carbonyl (C=O) groups is 1. The number of Topliss-reactive ketones (excluding diaryl/α,β-unsaturated/α-hetero) is 1. The van der Waals surface area contributed by atoms with Crippen LogP contribution in [-0.2, 0) is 11.2 Å². The number of hydrogen-bond donors (Lipinski definition) is 1. The molecular formula is C16H17FO2. The summed E-state index contributed by atoms with van der Waals surface area (Å²) >= 11 is 0. The first-order chi connectivity index (χ1) is 8.98. The molecule has 1 aromatic carbocycles. The van der Waals surface area contributed by atoms with Crippen LogP contribution in [0, 0.1) is 11.2 Å². The highest BCUT2D eigenvalue weighted by Gasteiger charge is 2.45. The number of halogens is 1. The minimum absolute atomic E-state index is 0.0411. The number of carbonyl (C=O) groups excluding carboxylic acids is 1. The van der Waals surface area contributed by atoms with Gasteiger partial charge in [-0.25, -0.2) is 4.39 Å². The zero-order chi connectivity index (χ0) is 13.8. The summed E-state index contributed by atoms with van der Waals surface area (Å²) in [5.74, 6) is -0.738. The highest BCUT2D eigenvalue weighted by atomic mass is 19.1. The first-order valence-electron chi connectivity index (χ1n) is 6.75. The molecule has 0 radical (unpaired) electrons. The first-order valence-corrected chi connectivity index (χ1v) is 6.75. The number of aromatic hydroxyl groups is 1. The van der Waals surface area contributed by atoms with E-state index in [1.165, 1.54) is 12.1 Å². The van der Waals surface area contributed by atoms with E-state index in [0.29, 0.717) is 6.42 Å². The van der Waals surface area contributed by atoms with Crippen LogP contribution in [0.4, 0.5) is 4.39 Å². The Bertz CT molecular complexity index is 615. The fourth-order valence-electron chi connectivity index (χ4n) is 3.69. The molecule has 2 aliphatic carbocycles. The molecule has 19 heavy (non-hydrogen) atoms. The Hall–Kier alpha value is -1.64. The molecule has 0 heterocycles. The number of phenols is 1. The van der Waals surface area contributed by atoms with E-state index >= 15 is 0 Å². The van der Waals surface area contributed by atoms with Crippen molar-refractivity contribution in [2.24, 2.45) is 5.41 Å². The Balaban J connectivity index is 2.29. The normalized spacial score (nSPS) is 25.5. The molecule has 1 unspecified atom stereocenters. The van der Waals surface area contributed by atoms with E-state index in [2.05, 4.69) is 6.92 Å². The van der Waals surface area contributed by atoms with E-state index in [4.69, 9.17) is 0 Å². The van der Waals surface area contributed by atoms with Gasteiger partial charge in [-0.15, -0.1) is 0 Å². The van der Waals surface area contributed by atoms with Gasteiger partial charge >= 0.3 is 0 Å². The Morgan fingerprint density at radius 3 is 2.84 bits per heavy atom. The molecule has 0 saturated heterocycles. The molecule has 1 aromatic rings. The van der Waals surface area contributed by atoms with Crippen molar-refractivity contribution in [3.8, 4) is 5.75 Å². The Labute approximate surface area is 112 Å². The fourth-order valence-corrected chi connectivity index (χ4v) is 3.69. The molecule has 2 nitrogen and oxygen atoms in total. The molecular weight excluding hydrogens is 243 g/mol. The lowest BCUT2D eigenvalue weighted by Crippen LogP contribution is -2.27. The van der Waals surface area contributed by atoms with Crippen molar-refractivity contribution in [1.82, 2.24) is 0 Å². The largest absolute Gasteiger partial charge is 0.505 e. The van der Waals surface area contributed by atoms with Gasteiger partial charge in [0.05, 0.1) is 0 Å². The van der Waals surface area contributed by atoms with Crippen LogP contribution < -0.4 is 0 Å². The van der Waals surface area contributed by atoms with Crippen molar-refractivity contribution in [3.05, 3.63) is 34.6 Å². The maximum absolute atomic E-state index is 13.6. The van der Waals surface area contributed by atoms with Crippen molar-refractivity contribution in [1.29, 1.82) is 0 Å². The highest BCUT2D eigenvalue weighted by molar-refractivity contribution is 6.06. The third-order valence-electron chi connectivity index (χ3n) is 4.80. The van der Waals surface area contributed by atoms with Crippen LogP contribution in [-0.4, -0.2) is 10.9 Å². The third-order valence-corrected chi connectivity index (χ3v) is 4.80. The van der Waals surface area contributed by atoms with Gasteiger partial charge in [-0.2, -0.15) is 0 Å². The number of benzene rings is 1. The molecule has 1 N–H and O–H groups in total. The second-order valence-corrected chi connectivity index (χ2v) is 5.69. The zero-order valence-corrected chi connectivity index (χ0v) is 11.2. The third kappa shape index (κ3) is 1.57. The van der Waals surface area contributed by atoms with Gasteiger partial charge in [0.15, 0.2) is 17.3 Å². The minimum atomic E-state index is -0.607. The molecule has 0 saturated carbocycles. The van der Waals surface area contributed by atoms with Gasteiger partial charge in [0.2, 0.25) is 0 Å². The topological polar surface area (TPSA) is 37.3 Å². The molecule has 0 spiro atoms. The maximum atomic E-state index is 13.6. The van der Waals surface area contributed by atoms with E-state index < -0.39 is 5.82 Å². The van der Waals surface area contributed by atoms with Crippen LogP contribution in [0.15, 0.2) is 17.7 Å². The van der Waals surface area contributed by atoms with Crippen molar-refractivity contribution >= 4 is 11.4 Å². The standard InChI is InChI=1S/C16H17FO2/c1-3-16-5-4-13(18)9(2)15(16)11-7-12(17)14(19)6-10(11)8-16/h6-7,19H,3-5,8H2,1-2H3. The summed E-state index contributed by atoms with van der Waals surface area (Å²) in [7, 11) is 0. The van der Waals surface area contributed by atoms with E-state index in [1.54, 1.807) is 0 Å². The predicted octanol–water partition coefficient (Wildman–Crippen LogP) is 3.62. The van der Waals surface area contributed by atoms with Gasteiger partial charge in [0.1, 0.15) is 0 Å². The van der Waals surface area contributed by atoms with Crippen LogP contribution >= 0.6 is 0 Å². The van der Waals surface area contributed by atoms with Gasteiger partial charge < -0.3 is 5.11 Å². The average molecular weight is 260 g/mol. The first kappa shape index (κ1) is 12.4. The van der Waals surface area contributed by atoms with Crippen LogP contribution in [0.1, 0.15) is 44.2 Å². The van der Waals surface area contributed by atoms with Crippen LogP contribution in [0.2, 0.25) is 0 Å². The smallest absolute Gasteiger partial charge is 0.165 e. The summed E-state index contributed by atoms with van der Waals surface area (Å²) in [6.07, 6.45) is 3.13. The van der Waals surface area contributed by atoms with E-state index in [-0.39, 0.29) is 16.9 Å². The second kappa shape index (κ2) is 3.92. The van der Waals surface area contributed by atoms with Crippen molar-refractivity contribution in [2.75, 3.05) is 0 Å². The number of fused-ring (bicyclic) bond motifs is 3. The molecule has 100 valence electrons. The van der Waals surface area contributed by atoms with Gasteiger partial charge in [0.25, 0.3) is 0 Å². The van der Waals surface area contributed by atoms with Gasteiger partial charge in [-0.3, -0.25) is 4.79 Å². The molecule has 0 aliphatic heterocycles. The number of allylic oxidation sites excluding steroid dienone is 2. The SMILES string of the molecule is CCC12CCC(=O)C(C)=C1c1cc(F)c(O)cc1C2. The quantitative estimate of drug-likeness (QED) is 0.837. The molecule has 1 atom stereocenters.